The molecular weight excluding hydrogens is 235 g/mol. The van der Waals surface area contributed by atoms with Crippen LogP contribution in [0.3, 0.4) is 0 Å². The minimum Gasteiger partial charge on any atom is -0.376 e. The molecule has 0 saturated heterocycles. The fraction of sp³-hybridized carbons (Fsp3) is 0.100. The van der Waals surface area contributed by atoms with Gasteiger partial charge in [-0.15, -0.1) is 11.3 Å². The first-order chi connectivity index (χ1) is 7.27. The monoisotopic (exact) mass is 242 g/mol. The minimum absolute atomic E-state index is 0.326. The first-order valence-corrected chi connectivity index (χ1v) is 5.64. The van der Waals surface area contributed by atoms with Gasteiger partial charge in [-0.05, 0) is 12.1 Å². The minimum atomic E-state index is -0.349. The van der Waals surface area contributed by atoms with Crippen LogP contribution in [0, 0.1) is 5.82 Å². The summed E-state index contributed by atoms with van der Waals surface area (Å²) in [6.07, 6.45) is 0. The molecule has 15 heavy (non-hydrogen) atoms. The Labute approximate surface area is 95.7 Å². The Kier molecular flexibility index (Phi) is 3.18. The lowest BCUT2D eigenvalue weighted by Crippen LogP contribution is -2.02. The number of nitrogens with zero attached hydrogens (tertiary/aromatic N) is 1. The molecule has 0 amide bonds. The average molecular weight is 243 g/mol. The summed E-state index contributed by atoms with van der Waals surface area (Å²) in [5, 5.41) is 5.21. The van der Waals surface area contributed by atoms with Gasteiger partial charge in [0, 0.05) is 5.38 Å². The van der Waals surface area contributed by atoms with Crippen molar-refractivity contribution in [3.8, 4) is 0 Å². The third-order valence-corrected chi connectivity index (χ3v) is 2.84. The number of aromatic nitrogens is 1. The van der Waals surface area contributed by atoms with Crippen LogP contribution in [-0.4, -0.2) is 4.98 Å². The molecule has 0 saturated carbocycles. The number of benzene rings is 1. The highest BCUT2D eigenvalue weighted by molar-refractivity contribution is 7.07. The molecule has 0 aliphatic heterocycles. The number of rotatable bonds is 3. The van der Waals surface area contributed by atoms with Crippen LogP contribution in [0.1, 0.15) is 5.69 Å². The highest BCUT2D eigenvalue weighted by atomic mass is 35.5. The van der Waals surface area contributed by atoms with Gasteiger partial charge < -0.3 is 5.32 Å². The van der Waals surface area contributed by atoms with Gasteiger partial charge in [0.15, 0.2) is 0 Å². The van der Waals surface area contributed by atoms with E-state index in [-0.39, 0.29) is 5.82 Å². The summed E-state index contributed by atoms with van der Waals surface area (Å²) in [7, 11) is 0. The van der Waals surface area contributed by atoms with Crippen molar-refractivity contribution in [3.05, 3.63) is 45.6 Å². The predicted molar refractivity (Wildman–Crippen MR) is 60.9 cm³/mol. The highest BCUT2D eigenvalue weighted by Crippen LogP contribution is 2.24. The fourth-order valence-electron chi connectivity index (χ4n) is 1.17. The number of para-hydroxylation sites is 1. The maximum Gasteiger partial charge on any atom is 0.147 e. The predicted octanol–water partition coefficient (Wildman–Crippen LogP) is 3.55. The summed E-state index contributed by atoms with van der Waals surface area (Å²) < 4.78 is 13.3. The smallest absolute Gasteiger partial charge is 0.147 e. The van der Waals surface area contributed by atoms with Crippen molar-refractivity contribution < 1.29 is 4.39 Å². The van der Waals surface area contributed by atoms with Crippen LogP contribution < -0.4 is 5.32 Å². The lowest BCUT2D eigenvalue weighted by Gasteiger charge is -2.07. The molecule has 0 aliphatic rings. The van der Waals surface area contributed by atoms with E-state index in [1.54, 1.807) is 17.6 Å². The quantitative estimate of drug-likeness (QED) is 0.891. The topological polar surface area (TPSA) is 24.9 Å². The van der Waals surface area contributed by atoms with E-state index in [4.69, 9.17) is 11.6 Å². The van der Waals surface area contributed by atoms with Crippen LogP contribution in [-0.2, 0) is 6.54 Å². The van der Waals surface area contributed by atoms with Crippen LogP contribution in [0.5, 0.6) is 0 Å². The normalized spacial score (nSPS) is 10.3. The highest BCUT2D eigenvalue weighted by Gasteiger charge is 2.06. The SMILES string of the molecule is Fc1cccc(Cl)c1NCc1cscn1. The first kappa shape index (κ1) is 10.4. The number of nitrogens with one attached hydrogen (secondary N) is 1. The zero-order valence-electron chi connectivity index (χ0n) is 7.71. The second-order valence-electron chi connectivity index (χ2n) is 2.93. The molecular formula is C10H8ClFN2S. The summed E-state index contributed by atoms with van der Waals surface area (Å²) in [5.74, 6) is -0.349. The van der Waals surface area contributed by atoms with E-state index in [1.165, 1.54) is 17.4 Å². The Bertz CT molecular complexity index is 424. The van der Waals surface area contributed by atoms with Gasteiger partial charge in [0.2, 0.25) is 0 Å². The van der Waals surface area contributed by atoms with Crippen molar-refractivity contribution in [2.75, 3.05) is 5.32 Å². The number of thiazole rings is 1. The summed E-state index contributed by atoms with van der Waals surface area (Å²) >= 11 is 7.35. The Morgan fingerprint density at radius 3 is 3.00 bits per heavy atom. The third-order valence-electron chi connectivity index (χ3n) is 1.89. The second-order valence-corrected chi connectivity index (χ2v) is 4.06. The number of hydrogen-bond acceptors (Lipinski definition) is 3. The molecule has 0 unspecified atom stereocenters. The molecule has 1 aromatic heterocycles. The molecule has 2 aromatic rings. The van der Waals surface area contributed by atoms with Crippen molar-refractivity contribution in [2.24, 2.45) is 0 Å². The first-order valence-electron chi connectivity index (χ1n) is 4.32. The second kappa shape index (κ2) is 4.59. The van der Waals surface area contributed by atoms with Gasteiger partial charge in [-0.2, -0.15) is 0 Å². The number of hydrogen-bond donors (Lipinski definition) is 1. The molecule has 0 spiro atoms. The van der Waals surface area contributed by atoms with Crippen molar-refractivity contribution >= 4 is 28.6 Å². The maximum absolute atomic E-state index is 13.3. The fourth-order valence-corrected chi connectivity index (χ4v) is 1.96. The van der Waals surface area contributed by atoms with E-state index >= 15 is 0 Å². The molecule has 0 radical (unpaired) electrons. The summed E-state index contributed by atoms with van der Waals surface area (Å²) in [6, 6.07) is 4.59. The lowest BCUT2D eigenvalue weighted by molar-refractivity contribution is 0.630. The molecule has 0 atom stereocenters. The molecule has 0 fully saturated rings. The Balaban J connectivity index is 2.11. The maximum atomic E-state index is 13.3. The van der Waals surface area contributed by atoms with Crippen LogP contribution in [0.4, 0.5) is 10.1 Å². The molecule has 1 aromatic carbocycles. The molecule has 78 valence electrons. The zero-order valence-corrected chi connectivity index (χ0v) is 9.28. The van der Waals surface area contributed by atoms with Gasteiger partial charge in [0.25, 0.3) is 0 Å². The molecule has 0 aliphatic carbocycles. The molecule has 1 N–H and O–H groups in total. The lowest BCUT2D eigenvalue weighted by atomic mass is 10.3. The van der Waals surface area contributed by atoms with Gasteiger partial charge in [0.1, 0.15) is 5.82 Å². The Morgan fingerprint density at radius 2 is 2.33 bits per heavy atom. The molecule has 2 rings (SSSR count). The number of anilines is 1. The molecule has 5 heteroatoms. The van der Waals surface area contributed by atoms with E-state index in [0.29, 0.717) is 17.3 Å². The summed E-state index contributed by atoms with van der Waals surface area (Å²) in [6.45, 7) is 0.476. The van der Waals surface area contributed by atoms with Gasteiger partial charge in [0.05, 0.1) is 28.5 Å². The van der Waals surface area contributed by atoms with Gasteiger partial charge >= 0.3 is 0 Å². The summed E-state index contributed by atoms with van der Waals surface area (Å²) in [4.78, 5) is 4.08. The standard InChI is InChI=1S/C10H8ClFN2S/c11-8-2-1-3-9(12)10(8)13-4-7-5-15-6-14-7/h1-3,5-6,13H,4H2. The van der Waals surface area contributed by atoms with E-state index in [0.717, 1.165) is 5.69 Å². The van der Waals surface area contributed by atoms with Gasteiger partial charge in [-0.3, -0.25) is 0 Å². The van der Waals surface area contributed by atoms with Crippen molar-refractivity contribution in [1.29, 1.82) is 0 Å². The van der Waals surface area contributed by atoms with E-state index < -0.39 is 0 Å². The third kappa shape index (κ3) is 2.46. The van der Waals surface area contributed by atoms with Crippen LogP contribution in [0.25, 0.3) is 0 Å². The summed E-state index contributed by atoms with van der Waals surface area (Å²) in [5.41, 5.74) is 2.94. The van der Waals surface area contributed by atoms with Crippen LogP contribution in [0.15, 0.2) is 29.1 Å². The number of halogens is 2. The van der Waals surface area contributed by atoms with E-state index in [2.05, 4.69) is 10.3 Å². The Hall–Kier alpha value is -1.13. The van der Waals surface area contributed by atoms with Gasteiger partial charge in [-0.1, -0.05) is 17.7 Å². The Morgan fingerprint density at radius 1 is 1.47 bits per heavy atom. The van der Waals surface area contributed by atoms with Crippen LogP contribution >= 0.6 is 22.9 Å². The molecule has 0 bridgehead atoms. The average Bonchev–Trinajstić information content (AvgIpc) is 2.70. The van der Waals surface area contributed by atoms with Crippen molar-refractivity contribution in [3.63, 3.8) is 0 Å². The van der Waals surface area contributed by atoms with E-state index in [9.17, 15) is 4.39 Å². The van der Waals surface area contributed by atoms with Crippen LogP contribution in [0.2, 0.25) is 5.02 Å². The van der Waals surface area contributed by atoms with Crippen molar-refractivity contribution in [2.45, 2.75) is 6.54 Å². The van der Waals surface area contributed by atoms with Crippen molar-refractivity contribution in [1.82, 2.24) is 4.98 Å². The van der Waals surface area contributed by atoms with Gasteiger partial charge in [-0.25, -0.2) is 9.37 Å². The van der Waals surface area contributed by atoms with E-state index in [1.807, 2.05) is 5.38 Å². The molecule has 1 heterocycles. The largest absolute Gasteiger partial charge is 0.376 e. The zero-order chi connectivity index (χ0) is 10.7. The molecule has 2 nitrogen and oxygen atoms in total.